The second kappa shape index (κ2) is 10.5. The molecule has 19 heavy (non-hydrogen) atoms. The molecule has 0 saturated heterocycles. The number of thioether (sulfide) groups is 1. The van der Waals surface area contributed by atoms with Crippen molar-refractivity contribution >= 4 is 29.7 Å². The van der Waals surface area contributed by atoms with Crippen LogP contribution in [0.1, 0.15) is 19.8 Å². The zero-order chi connectivity index (χ0) is 14.7. The van der Waals surface area contributed by atoms with Crippen molar-refractivity contribution < 1.29 is 24.2 Å². The van der Waals surface area contributed by atoms with Crippen LogP contribution in [0.5, 0.6) is 0 Å². The first kappa shape index (κ1) is 17.6. The molecule has 2 amide bonds. The van der Waals surface area contributed by atoms with E-state index in [4.69, 9.17) is 5.11 Å². The molecule has 0 aliphatic rings. The largest absolute Gasteiger partial charge is 0.480 e. The van der Waals surface area contributed by atoms with Crippen molar-refractivity contribution in [3.63, 3.8) is 0 Å². The number of ether oxygens (including phenoxy) is 1. The van der Waals surface area contributed by atoms with E-state index in [1.807, 2.05) is 6.26 Å². The fourth-order valence-electron chi connectivity index (χ4n) is 1.21. The van der Waals surface area contributed by atoms with Crippen molar-refractivity contribution in [2.75, 3.05) is 25.2 Å². The Kier molecular flexibility index (Phi) is 9.69. The van der Waals surface area contributed by atoms with E-state index in [1.165, 1.54) is 11.8 Å². The van der Waals surface area contributed by atoms with E-state index in [0.29, 0.717) is 18.8 Å². The Morgan fingerprint density at radius 1 is 1.37 bits per heavy atom. The van der Waals surface area contributed by atoms with E-state index in [-0.39, 0.29) is 13.0 Å². The van der Waals surface area contributed by atoms with Gasteiger partial charge in [0.15, 0.2) is 0 Å². The van der Waals surface area contributed by atoms with Crippen LogP contribution in [-0.2, 0) is 14.3 Å². The molecule has 0 aromatic rings. The number of carbonyl (C=O) groups excluding carboxylic acids is 2. The summed E-state index contributed by atoms with van der Waals surface area (Å²) in [6.45, 7) is 2.10. The molecule has 0 aromatic heterocycles. The lowest BCUT2D eigenvalue weighted by Crippen LogP contribution is -2.46. The zero-order valence-electron chi connectivity index (χ0n) is 11.1. The van der Waals surface area contributed by atoms with Gasteiger partial charge in [0, 0.05) is 6.54 Å². The van der Waals surface area contributed by atoms with Gasteiger partial charge in [0.2, 0.25) is 0 Å². The molecule has 0 rings (SSSR count). The second-order valence-corrected chi connectivity index (χ2v) is 4.61. The number of carboxylic acid groups (broad SMARTS) is 1. The fourth-order valence-corrected chi connectivity index (χ4v) is 1.69. The first-order valence-corrected chi connectivity index (χ1v) is 7.32. The Hall–Kier alpha value is -1.44. The molecule has 0 aliphatic heterocycles. The molecule has 0 radical (unpaired) electrons. The highest BCUT2D eigenvalue weighted by molar-refractivity contribution is 7.98. The van der Waals surface area contributed by atoms with Gasteiger partial charge >= 0.3 is 18.0 Å². The maximum atomic E-state index is 11.4. The minimum atomic E-state index is -1.07. The molecule has 0 unspecified atom stereocenters. The van der Waals surface area contributed by atoms with Gasteiger partial charge in [-0.25, -0.2) is 9.59 Å². The van der Waals surface area contributed by atoms with E-state index in [9.17, 15) is 14.4 Å². The smallest absolute Gasteiger partial charge is 0.326 e. The lowest BCUT2D eigenvalue weighted by atomic mass is 10.2. The van der Waals surface area contributed by atoms with Crippen LogP contribution < -0.4 is 10.6 Å². The van der Waals surface area contributed by atoms with Crippen molar-refractivity contribution in [3.8, 4) is 0 Å². The number of urea groups is 1. The normalized spacial score (nSPS) is 11.5. The number of esters is 1. The van der Waals surface area contributed by atoms with E-state index >= 15 is 0 Å². The Morgan fingerprint density at radius 3 is 2.58 bits per heavy atom. The number of hydrogen-bond acceptors (Lipinski definition) is 5. The molecule has 0 aromatic carbocycles. The monoisotopic (exact) mass is 292 g/mol. The minimum Gasteiger partial charge on any atom is -0.480 e. The molecule has 0 aliphatic carbocycles. The van der Waals surface area contributed by atoms with E-state index in [0.717, 1.165) is 0 Å². The van der Waals surface area contributed by atoms with Gasteiger partial charge in [0.05, 0.1) is 13.0 Å². The molecule has 0 bridgehead atoms. The summed E-state index contributed by atoms with van der Waals surface area (Å²) in [6.07, 6.45) is 2.27. The number of amides is 2. The van der Waals surface area contributed by atoms with Crippen molar-refractivity contribution in [1.82, 2.24) is 10.6 Å². The van der Waals surface area contributed by atoms with Crippen LogP contribution >= 0.6 is 11.8 Å². The zero-order valence-corrected chi connectivity index (χ0v) is 11.9. The highest BCUT2D eigenvalue weighted by atomic mass is 32.2. The number of carbonyl (C=O) groups is 3. The average molecular weight is 292 g/mol. The number of hydrogen-bond donors (Lipinski definition) is 3. The van der Waals surface area contributed by atoms with Gasteiger partial charge in [-0.3, -0.25) is 4.79 Å². The molecular formula is C11H20N2O5S. The molecule has 8 heteroatoms. The lowest BCUT2D eigenvalue weighted by Gasteiger charge is -2.14. The highest BCUT2D eigenvalue weighted by Gasteiger charge is 2.19. The van der Waals surface area contributed by atoms with Crippen molar-refractivity contribution in [1.29, 1.82) is 0 Å². The fraction of sp³-hybridized carbons (Fsp3) is 0.727. The van der Waals surface area contributed by atoms with Crippen LogP contribution in [0.15, 0.2) is 0 Å². The molecule has 0 fully saturated rings. The standard InChI is InChI=1S/C11H20N2O5S/c1-3-18-9(14)4-6-12-11(17)13-8(10(15)16)5-7-19-2/h8H,3-7H2,1-2H3,(H,15,16)(H2,12,13,17)/t8-/m1/s1. The van der Waals surface area contributed by atoms with Gasteiger partial charge in [0.1, 0.15) is 6.04 Å². The first-order chi connectivity index (χ1) is 9.01. The van der Waals surface area contributed by atoms with Gasteiger partial charge in [-0.2, -0.15) is 11.8 Å². The molecule has 0 heterocycles. The van der Waals surface area contributed by atoms with Gasteiger partial charge in [-0.1, -0.05) is 0 Å². The van der Waals surface area contributed by atoms with Gasteiger partial charge in [-0.15, -0.1) is 0 Å². The number of aliphatic carboxylic acids is 1. The highest BCUT2D eigenvalue weighted by Crippen LogP contribution is 2.00. The summed E-state index contributed by atoms with van der Waals surface area (Å²) in [5.41, 5.74) is 0. The summed E-state index contributed by atoms with van der Waals surface area (Å²) in [7, 11) is 0. The third-order valence-electron chi connectivity index (χ3n) is 2.13. The lowest BCUT2D eigenvalue weighted by molar-refractivity contribution is -0.143. The van der Waals surface area contributed by atoms with E-state index in [2.05, 4.69) is 15.4 Å². The van der Waals surface area contributed by atoms with Crippen molar-refractivity contribution in [2.24, 2.45) is 0 Å². The summed E-state index contributed by atoms with van der Waals surface area (Å²) in [4.78, 5) is 33.3. The van der Waals surface area contributed by atoms with Crippen LogP contribution in [-0.4, -0.2) is 54.3 Å². The molecular weight excluding hydrogens is 272 g/mol. The summed E-state index contributed by atoms with van der Waals surface area (Å²) < 4.78 is 4.69. The van der Waals surface area contributed by atoms with Gasteiger partial charge < -0.3 is 20.5 Å². The predicted molar refractivity (Wildman–Crippen MR) is 72.2 cm³/mol. The molecule has 0 saturated carbocycles. The van der Waals surface area contributed by atoms with Crippen LogP contribution in [0.4, 0.5) is 4.79 Å². The van der Waals surface area contributed by atoms with Gasteiger partial charge in [-0.05, 0) is 25.4 Å². The van der Waals surface area contributed by atoms with Crippen LogP contribution in [0, 0.1) is 0 Å². The predicted octanol–water partition coefficient (Wildman–Crippen LogP) is 0.445. The summed E-state index contributed by atoms with van der Waals surface area (Å²) in [5.74, 6) is -0.838. The Bertz CT molecular complexity index is 311. The Morgan fingerprint density at radius 2 is 2.05 bits per heavy atom. The Labute approximate surface area is 116 Å². The summed E-state index contributed by atoms with van der Waals surface area (Å²) in [5, 5.41) is 13.7. The number of carboxylic acids is 1. The maximum Gasteiger partial charge on any atom is 0.326 e. The number of rotatable bonds is 9. The minimum absolute atomic E-state index is 0.0593. The van der Waals surface area contributed by atoms with Crippen LogP contribution in [0.25, 0.3) is 0 Å². The summed E-state index contributed by atoms with van der Waals surface area (Å²) in [6, 6.07) is -1.52. The third kappa shape index (κ3) is 9.18. The second-order valence-electron chi connectivity index (χ2n) is 3.63. The third-order valence-corrected chi connectivity index (χ3v) is 2.78. The topological polar surface area (TPSA) is 105 Å². The maximum absolute atomic E-state index is 11.4. The van der Waals surface area contributed by atoms with Crippen molar-refractivity contribution in [2.45, 2.75) is 25.8 Å². The van der Waals surface area contributed by atoms with Crippen LogP contribution in [0.3, 0.4) is 0 Å². The molecule has 0 spiro atoms. The first-order valence-electron chi connectivity index (χ1n) is 5.93. The van der Waals surface area contributed by atoms with E-state index < -0.39 is 24.0 Å². The average Bonchev–Trinajstić information content (AvgIpc) is 2.34. The SMILES string of the molecule is CCOC(=O)CCNC(=O)N[C@H](CCSC)C(=O)O. The summed E-state index contributed by atoms with van der Waals surface area (Å²) >= 11 is 1.51. The van der Waals surface area contributed by atoms with Gasteiger partial charge in [0.25, 0.3) is 0 Å². The Balaban J connectivity index is 3.93. The van der Waals surface area contributed by atoms with Crippen molar-refractivity contribution in [3.05, 3.63) is 0 Å². The molecule has 7 nitrogen and oxygen atoms in total. The molecule has 3 N–H and O–H groups in total. The molecule has 110 valence electrons. The van der Waals surface area contributed by atoms with E-state index in [1.54, 1.807) is 6.92 Å². The molecule has 1 atom stereocenters. The number of nitrogens with one attached hydrogen (secondary N) is 2. The quantitative estimate of drug-likeness (QED) is 0.533. The van der Waals surface area contributed by atoms with Crippen LogP contribution in [0.2, 0.25) is 0 Å².